The van der Waals surface area contributed by atoms with E-state index in [1.54, 1.807) is 0 Å². The maximum Gasteiger partial charge on any atom is 0.315 e. The first-order valence-electron chi connectivity index (χ1n) is 6.93. The van der Waals surface area contributed by atoms with E-state index in [-0.39, 0.29) is 6.61 Å². The molecule has 0 heterocycles. The average Bonchev–Trinajstić information content (AvgIpc) is 2.36. The van der Waals surface area contributed by atoms with E-state index in [0.717, 1.165) is 13.8 Å². The molecule has 0 rings (SSSR count). The Hall–Kier alpha value is -1.51. The largest absolute Gasteiger partial charge is 0.481 e. The van der Waals surface area contributed by atoms with Crippen molar-refractivity contribution in [2.24, 2.45) is 16.2 Å². The van der Waals surface area contributed by atoms with Gasteiger partial charge in [-0.15, -0.1) is 0 Å². The number of hydrogen-bond acceptors (Lipinski definition) is 6. The quantitative estimate of drug-likeness (QED) is 0.455. The summed E-state index contributed by atoms with van der Waals surface area (Å²) < 4.78 is 0. The summed E-state index contributed by atoms with van der Waals surface area (Å²) in [4.78, 5) is 32.6. The molecule has 23 heavy (non-hydrogen) atoms. The van der Waals surface area contributed by atoms with Crippen LogP contribution in [0.15, 0.2) is 0 Å². The molecule has 5 N–H and O–H groups in total. The number of carbonyl (C=O) groups excluding carboxylic acids is 1. The standard InChI is InChI=1S/C10H18O5.C5H10O3/c1-8(2,3)6(11)10(14,15)9(4,5)7(12)13;1-5(2,3-6)4(7)8/h14-15H,1-5H3,(H,12,13);6H,3H2,1-2H3,(H,7,8). The van der Waals surface area contributed by atoms with Crippen LogP contribution < -0.4 is 0 Å². The third kappa shape index (κ3) is 5.89. The van der Waals surface area contributed by atoms with E-state index in [0.29, 0.717) is 0 Å². The van der Waals surface area contributed by atoms with Crippen LogP contribution in [0.2, 0.25) is 0 Å². The maximum absolute atomic E-state index is 11.7. The van der Waals surface area contributed by atoms with Gasteiger partial charge in [-0.2, -0.15) is 0 Å². The van der Waals surface area contributed by atoms with E-state index >= 15 is 0 Å². The van der Waals surface area contributed by atoms with Gasteiger partial charge in [0.2, 0.25) is 5.79 Å². The topological polar surface area (TPSA) is 152 Å². The molecule has 0 aromatic carbocycles. The summed E-state index contributed by atoms with van der Waals surface area (Å²) in [6.45, 7) is 9.29. The van der Waals surface area contributed by atoms with E-state index in [1.807, 2.05) is 0 Å². The van der Waals surface area contributed by atoms with Gasteiger partial charge >= 0.3 is 11.9 Å². The van der Waals surface area contributed by atoms with Crippen molar-refractivity contribution in [3.8, 4) is 0 Å². The SMILES string of the molecule is CC(C)(C)C(=O)C(O)(O)C(C)(C)C(=O)O.CC(C)(CO)C(=O)O. The fourth-order valence-electron chi connectivity index (χ4n) is 1.02. The molecule has 136 valence electrons. The van der Waals surface area contributed by atoms with Gasteiger partial charge in [0, 0.05) is 5.41 Å². The second kappa shape index (κ2) is 7.37. The predicted molar refractivity (Wildman–Crippen MR) is 81.6 cm³/mol. The molecule has 0 aliphatic heterocycles. The lowest BCUT2D eigenvalue weighted by molar-refractivity contribution is -0.235. The molecule has 8 nitrogen and oxygen atoms in total. The van der Waals surface area contributed by atoms with Gasteiger partial charge in [0.15, 0.2) is 5.78 Å². The number of aliphatic hydroxyl groups is 3. The molecule has 0 aliphatic carbocycles. The van der Waals surface area contributed by atoms with Crippen LogP contribution in [0.4, 0.5) is 0 Å². The molecule has 0 saturated heterocycles. The summed E-state index contributed by atoms with van der Waals surface area (Å²) in [6, 6.07) is 0. The summed E-state index contributed by atoms with van der Waals surface area (Å²) in [5.41, 5.74) is -3.95. The highest BCUT2D eigenvalue weighted by Crippen LogP contribution is 2.35. The Morgan fingerprint density at radius 3 is 1.26 bits per heavy atom. The summed E-state index contributed by atoms with van der Waals surface area (Å²) in [5.74, 6) is -6.20. The molecule has 0 radical (unpaired) electrons. The third-order valence-electron chi connectivity index (χ3n) is 3.38. The second-order valence-electron chi connectivity index (χ2n) is 7.53. The van der Waals surface area contributed by atoms with Crippen LogP contribution in [0.25, 0.3) is 0 Å². The van der Waals surface area contributed by atoms with Gasteiger partial charge < -0.3 is 25.5 Å². The number of Topliss-reactive ketones (excluding diaryl/α,β-unsaturated/α-hetero) is 1. The van der Waals surface area contributed by atoms with Gasteiger partial charge in [0.1, 0.15) is 5.41 Å². The van der Waals surface area contributed by atoms with E-state index in [1.165, 1.54) is 34.6 Å². The Kier molecular flexibility index (Phi) is 7.61. The Morgan fingerprint density at radius 2 is 1.13 bits per heavy atom. The minimum Gasteiger partial charge on any atom is -0.481 e. The van der Waals surface area contributed by atoms with Crippen LogP contribution in [0, 0.1) is 16.2 Å². The fourth-order valence-corrected chi connectivity index (χ4v) is 1.02. The van der Waals surface area contributed by atoms with E-state index < -0.39 is 39.8 Å². The van der Waals surface area contributed by atoms with Crippen LogP contribution in [-0.4, -0.2) is 55.6 Å². The molecule has 0 amide bonds. The summed E-state index contributed by atoms with van der Waals surface area (Å²) >= 11 is 0. The monoisotopic (exact) mass is 336 g/mol. The Balaban J connectivity index is 0. The maximum atomic E-state index is 11.7. The van der Waals surface area contributed by atoms with Crippen molar-refractivity contribution in [3.05, 3.63) is 0 Å². The lowest BCUT2D eigenvalue weighted by Crippen LogP contribution is -2.58. The summed E-state index contributed by atoms with van der Waals surface area (Å²) in [7, 11) is 0. The first-order chi connectivity index (χ1) is 9.85. The van der Waals surface area contributed by atoms with Gasteiger partial charge in [0.25, 0.3) is 0 Å². The Labute approximate surface area is 135 Å². The molecular formula is C15H28O8. The Bertz CT molecular complexity index is 455. The van der Waals surface area contributed by atoms with Gasteiger partial charge in [-0.1, -0.05) is 20.8 Å². The molecule has 0 bridgehead atoms. The molecule has 0 spiro atoms. The number of carboxylic acids is 2. The van der Waals surface area contributed by atoms with Crippen LogP contribution in [0.5, 0.6) is 0 Å². The lowest BCUT2D eigenvalue weighted by atomic mass is 9.73. The highest BCUT2D eigenvalue weighted by Gasteiger charge is 2.56. The van der Waals surface area contributed by atoms with Crippen LogP contribution in [0.3, 0.4) is 0 Å². The number of aliphatic carboxylic acids is 2. The van der Waals surface area contributed by atoms with Gasteiger partial charge in [-0.05, 0) is 27.7 Å². The van der Waals surface area contributed by atoms with Crippen LogP contribution in [0.1, 0.15) is 48.5 Å². The van der Waals surface area contributed by atoms with Crippen molar-refractivity contribution in [2.75, 3.05) is 6.61 Å². The first kappa shape index (κ1) is 23.8. The zero-order valence-corrected chi connectivity index (χ0v) is 14.7. The smallest absolute Gasteiger partial charge is 0.315 e. The molecule has 0 aromatic heterocycles. The molecule has 0 fully saturated rings. The minimum absolute atomic E-state index is 0.317. The fraction of sp³-hybridized carbons (Fsp3) is 0.800. The number of carboxylic acid groups (broad SMARTS) is 2. The van der Waals surface area contributed by atoms with Crippen molar-refractivity contribution < 1.29 is 39.9 Å². The number of hydrogen-bond donors (Lipinski definition) is 5. The van der Waals surface area contributed by atoms with Crippen molar-refractivity contribution in [3.63, 3.8) is 0 Å². The molecule has 0 saturated carbocycles. The van der Waals surface area contributed by atoms with Crippen LogP contribution in [-0.2, 0) is 14.4 Å². The van der Waals surface area contributed by atoms with Crippen molar-refractivity contribution in [2.45, 2.75) is 54.3 Å². The minimum atomic E-state index is -2.88. The van der Waals surface area contributed by atoms with Crippen molar-refractivity contribution >= 4 is 17.7 Å². The summed E-state index contributed by atoms with van der Waals surface area (Å²) in [6.07, 6.45) is 0. The van der Waals surface area contributed by atoms with Gasteiger partial charge in [-0.25, -0.2) is 0 Å². The molecule has 0 aliphatic rings. The number of carbonyl (C=O) groups is 3. The van der Waals surface area contributed by atoms with Gasteiger partial charge in [-0.3, -0.25) is 14.4 Å². The van der Waals surface area contributed by atoms with E-state index in [9.17, 15) is 24.6 Å². The number of aliphatic hydroxyl groups excluding tert-OH is 1. The lowest BCUT2D eigenvalue weighted by Gasteiger charge is -2.37. The number of ketones is 1. The van der Waals surface area contributed by atoms with E-state index in [2.05, 4.69) is 0 Å². The predicted octanol–water partition coefficient (Wildman–Crippen LogP) is 0.483. The van der Waals surface area contributed by atoms with Crippen LogP contribution >= 0.6 is 0 Å². The molecule has 0 unspecified atom stereocenters. The van der Waals surface area contributed by atoms with E-state index in [4.69, 9.17) is 15.3 Å². The molecule has 8 heteroatoms. The second-order valence-corrected chi connectivity index (χ2v) is 7.53. The Morgan fingerprint density at radius 1 is 0.783 bits per heavy atom. The van der Waals surface area contributed by atoms with Crippen molar-refractivity contribution in [1.82, 2.24) is 0 Å². The highest BCUT2D eigenvalue weighted by atomic mass is 16.5. The number of rotatable bonds is 5. The van der Waals surface area contributed by atoms with Crippen molar-refractivity contribution in [1.29, 1.82) is 0 Å². The highest BCUT2D eigenvalue weighted by molar-refractivity contribution is 5.95. The first-order valence-corrected chi connectivity index (χ1v) is 6.93. The zero-order valence-electron chi connectivity index (χ0n) is 14.7. The normalized spacial score (nSPS) is 13.0. The molecule has 0 aromatic rings. The molecular weight excluding hydrogens is 308 g/mol. The molecule has 0 atom stereocenters. The third-order valence-corrected chi connectivity index (χ3v) is 3.38. The average molecular weight is 336 g/mol. The van der Waals surface area contributed by atoms with Gasteiger partial charge in [0.05, 0.1) is 12.0 Å². The zero-order chi connectivity index (χ0) is 19.4. The summed E-state index contributed by atoms with van der Waals surface area (Å²) in [5, 5.41) is 44.8.